The molecular weight excluding hydrogens is 297 g/mol. The number of aromatic nitrogens is 2. The van der Waals surface area contributed by atoms with Crippen molar-refractivity contribution in [3.8, 4) is 0 Å². The first-order valence-corrected chi connectivity index (χ1v) is 6.54. The summed E-state index contributed by atoms with van der Waals surface area (Å²) in [4.78, 5) is 11.7. The summed E-state index contributed by atoms with van der Waals surface area (Å²) >= 11 is 0. The minimum Gasteiger partial charge on any atom is -0.384 e. The lowest BCUT2D eigenvalue weighted by Gasteiger charge is -2.25. The molecule has 0 spiro atoms. The fraction of sp³-hybridized carbons (Fsp3) is 0.333. The third-order valence-corrected chi connectivity index (χ3v) is 3.27. The van der Waals surface area contributed by atoms with Crippen LogP contribution < -0.4 is 5.56 Å². The highest BCUT2D eigenvalue weighted by molar-refractivity contribution is 5.29. The molecule has 1 heterocycles. The van der Waals surface area contributed by atoms with E-state index in [0.29, 0.717) is 5.69 Å². The van der Waals surface area contributed by atoms with Gasteiger partial charge in [-0.1, -0.05) is 12.1 Å². The number of hydrogen-bond donors (Lipinski definition) is 1. The Balaban J connectivity index is 2.38. The van der Waals surface area contributed by atoms with Crippen LogP contribution >= 0.6 is 0 Å². The average molecular weight is 312 g/mol. The monoisotopic (exact) mass is 312 g/mol. The number of benzene rings is 1. The molecule has 0 radical (unpaired) electrons. The van der Waals surface area contributed by atoms with E-state index < -0.39 is 22.9 Å². The molecular formula is C15H15F3N2O2. The largest absolute Gasteiger partial charge is 0.416 e. The standard InChI is InChI=1S/C15H15F3N2O2/c1-10-6-7-13(21)20(19-10)9-14(2,22)11-4-3-5-12(8-11)15(16,17)18/h3-8,22H,9H2,1-2H3. The van der Waals surface area contributed by atoms with Gasteiger partial charge in [-0.15, -0.1) is 0 Å². The summed E-state index contributed by atoms with van der Waals surface area (Å²) in [6.07, 6.45) is -4.50. The molecule has 0 saturated carbocycles. The molecule has 4 nitrogen and oxygen atoms in total. The maximum Gasteiger partial charge on any atom is 0.416 e. The van der Waals surface area contributed by atoms with Gasteiger partial charge in [0.2, 0.25) is 0 Å². The van der Waals surface area contributed by atoms with Crippen LogP contribution in [0.5, 0.6) is 0 Å². The first-order chi connectivity index (χ1) is 10.1. The molecule has 0 saturated heterocycles. The average Bonchev–Trinajstić information content (AvgIpc) is 2.42. The van der Waals surface area contributed by atoms with Gasteiger partial charge in [0.15, 0.2) is 0 Å². The lowest BCUT2D eigenvalue weighted by atomic mass is 9.94. The van der Waals surface area contributed by atoms with Crippen LogP contribution in [-0.2, 0) is 18.3 Å². The summed E-state index contributed by atoms with van der Waals surface area (Å²) in [6, 6.07) is 7.23. The highest BCUT2D eigenvalue weighted by atomic mass is 19.4. The van der Waals surface area contributed by atoms with Crippen molar-refractivity contribution in [3.63, 3.8) is 0 Å². The number of nitrogens with zero attached hydrogens (tertiary/aromatic N) is 2. The first-order valence-electron chi connectivity index (χ1n) is 6.54. The van der Waals surface area contributed by atoms with E-state index in [1.807, 2.05) is 0 Å². The van der Waals surface area contributed by atoms with Crippen LogP contribution in [0.25, 0.3) is 0 Å². The maximum absolute atomic E-state index is 12.8. The minimum atomic E-state index is -4.50. The molecule has 22 heavy (non-hydrogen) atoms. The van der Waals surface area contributed by atoms with Crippen molar-refractivity contribution < 1.29 is 18.3 Å². The van der Waals surface area contributed by atoms with E-state index in [1.54, 1.807) is 6.92 Å². The third kappa shape index (κ3) is 3.54. The van der Waals surface area contributed by atoms with Crippen molar-refractivity contribution in [1.29, 1.82) is 0 Å². The molecule has 118 valence electrons. The number of halogens is 3. The maximum atomic E-state index is 12.8. The Hall–Kier alpha value is -2.15. The minimum absolute atomic E-state index is 0.0672. The van der Waals surface area contributed by atoms with Gasteiger partial charge < -0.3 is 5.11 Å². The van der Waals surface area contributed by atoms with Crippen LogP contribution in [0.2, 0.25) is 0 Å². The fourth-order valence-electron chi connectivity index (χ4n) is 2.08. The topological polar surface area (TPSA) is 55.1 Å². The first kappa shape index (κ1) is 16.2. The van der Waals surface area contributed by atoms with Gasteiger partial charge in [-0.05, 0) is 37.6 Å². The second kappa shape index (κ2) is 5.57. The Kier molecular flexibility index (Phi) is 4.10. The number of alkyl halides is 3. The lowest BCUT2D eigenvalue weighted by molar-refractivity contribution is -0.137. The van der Waals surface area contributed by atoms with Crippen molar-refractivity contribution in [2.45, 2.75) is 32.2 Å². The van der Waals surface area contributed by atoms with Crippen LogP contribution in [0.3, 0.4) is 0 Å². The van der Waals surface area contributed by atoms with Gasteiger partial charge in [0.25, 0.3) is 5.56 Å². The summed E-state index contributed by atoms with van der Waals surface area (Å²) in [6.45, 7) is 2.78. The highest BCUT2D eigenvalue weighted by Crippen LogP contribution is 2.32. The lowest BCUT2D eigenvalue weighted by Crippen LogP contribution is -2.35. The van der Waals surface area contributed by atoms with Crippen LogP contribution in [0, 0.1) is 6.92 Å². The number of aryl methyl sites for hydroxylation is 1. The number of hydrogen-bond acceptors (Lipinski definition) is 3. The van der Waals surface area contributed by atoms with Crippen molar-refractivity contribution >= 4 is 0 Å². The molecule has 2 aromatic rings. The molecule has 1 N–H and O–H groups in total. The Labute approximate surface area is 124 Å². The second-order valence-electron chi connectivity index (χ2n) is 5.32. The molecule has 1 atom stereocenters. The normalized spacial score (nSPS) is 14.6. The Morgan fingerprint density at radius 1 is 1.18 bits per heavy atom. The summed E-state index contributed by atoms with van der Waals surface area (Å²) in [5, 5.41) is 14.5. The molecule has 0 aliphatic heterocycles. The number of aliphatic hydroxyl groups is 1. The Bertz CT molecular complexity index is 736. The predicted octanol–water partition coefficient (Wildman–Crippen LogP) is 2.48. The van der Waals surface area contributed by atoms with E-state index in [0.717, 1.165) is 16.8 Å². The summed E-state index contributed by atoms with van der Waals surface area (Å²) in [5.41, 5.74) is -2.31. The Morgan fingerprint density at radius 3 is 2.45 bits per heavy atom. The predicted molar refractivity (Wildman–Crippen MR) is 74.2 cm³/mol. The van der Waals surface area contributed by atoms with Gasteiger partial charge in [-0.25, -0.2) is 4.68 Å². The van der Waals surface area contributed by atoms with Gasteiger partial charge in [0.05, 0.1) is 17.8 Å². The molecule has 0 amide bonds. The van der Waals surface area contributed by atoms with Crippen LogP contribution in [0.4, 0.5) is 13.2 Å². The van der Waals surface area contributed by atoms with Crippen LogP contribution in [0.1, 0.15) is 23.7 Å². The molecule has 0 aliphatic carbocycles. The molecule has 1 aromatic carbocycles. The smallest absolute Gasteiger partial charge is 0.384 e. The third-order valence-electron chi connectivity index (χ3n) is 3.27. The Morgan fingerprint density at radius 2 is 1.82 bits per heavy atom. The van der Waals surface area contributed by atoms with E-state index in [-0.39, 0.29) is 12.1 Å². The summed E-state index contributed by atoms with van der Waals surface area (Å²) in [7, 11) is 0. The zero-order chi connectivity index (χ0) is 16.5. The molecule has 1 aromatic heterocycles. The summed E-state index contributed by atoms with van der Waals surface area (Å²) < 4.78 is 39.3. The van der Waals surface area contributed by atoms with Crippen molar-refractivity contribution in [2.24, 2.45) is 0 Å². The van der Waals surface area contributed by atoms with Crippen LogP contribution in [0.15, 0.2) is 41.2 Å². The van der Waals surface area contributed by atoms with Crippen molar-refractivity contribution in [3.05, 3.63) is 63.6 Å². The van der Waals surface area contributed by atoms with Gasteiger partial charge in [-0.3, -0.25) is 4.79 Å². The quantitative estimate of drug-likeness (QED) is 0.947. The molecule has 1 unspecified atom stereocenters. The SMILES string of the molecule is Cc1ccc(=O)n(CC(C)(O)c2cccc(C(F)(F)F)c2)n1. The van der Waals surface area contributed by atoms with E-state index in [2.05, 4.69) is 5.10 Å². The summed E-state index contributed by atoms with van der Waals surface area (Å²) in [5.74, 6) is 0. The van der Waals surface area contributed by atoms with E-state index in [9.17, 15) is 23.1 Å². The van der Waals surface area contributed by atoms with Gasteiger partial charge in [-0.2, -0.15) is 18.3 Å². The molecule has 0 aliphatic rings. The fourth-order valence-corrected chi connectivity index (χ4v) is 2.08. The second-order valence-corrected chi connectivity index (χ2v) is 5.32. The molecule has 0 bridgehead atoms. The van der Waals surface area contributed by atoms with Crippen molar-refractivity contribution in [2.75, 3.05) is 0 Å². The van der Waals surface area contributed by atoms with Gasteiger partial charge in [0, 0.05) is 6.07 Å². The highest BCUT2D eigenvalue weighted by Gasteiger charge is 2.33. The number of rotatable bonds is 3. The van der Waals surface area contributed by atoms with Crippen molar-refractivity contribution in [1.82, 2.24) is 9.78 Å². The van der Waals surface area contributed by atoms with E-state index in [4.69, 9.17) is 0 Å². The molecule has 0 fully saturated rings. The zero-order valence-corrected chi connectivity index (χ0v) is 12.1. The molecule has 7 heteroatoms. The van der Waals surface area contributed by atoms with Gasteiger partial charge in [0.1, 0.15) is 5.60 Å². The molecule has 2 rings (SSSR count). The van der Waals surface area contributed by atoms with E-state index >= 15 is 0 Å². The van der Waals surface area contributed by atoms with E-state index in [1.165, 1.54) is 31.2 Å². The zero-order valence-electron chi connectivity index (χ0n) is 12.1. The van der Waals surface area contributed by atoms with Crippen LogP contribution in [-0.4, -0.2) is 14.9 Å². The van der Waals surface area contributed by atoms with Gasteiger partial charge >= 0.3 is 6.18 Å².